The Labute approximate surface area is 117 Å². The Kier molecular flexibility index (Phi) is 3.02. The third-order valence-electron chi connectivity index (χ3n) is 3.44. The smallest absolute Gasteiger partial charge is 0.341 e. The van der Waals surface area contributed by atoms with E-state index in [1.807, 2.05) is 12.1 Å². The lowest BCUT2D eigenvalue weighted by atomic mass is 10.1. The lowest BCUT2D eigenvalue weighted by molar-refractivity contribution is -0.174. The van der Waals surface area contributed by atoms with Crippen LogP contribution in [0.5, 0.6) is 0 Å². The molecule has 2 heterocycles. The van der Waals surface area contributed by atoms with Crippen molar-refractivity contribution in [3.8, 4) is 0 Å². The minimum Gasteiger partial charge on any atom is -0.341 e. The van der Waals surface area contributed by atoms with Gasteiger partial charge in [-0.25, -0.2) is 0 Å². The quantitative estimate of drug-likeness (QED) is 0.879. The standard InChI is InChI=1S/C13H10ClF3N2O/c14-8-2-1-7-3-9-5-18-10(12(20)13(15,16)17)6-19(9)11(7)4-8/h1-4,10,18H,5-6H2. The van der Waals surface area contributed by atoms with Crippen LogP contribution in [0.1, 0.15) is 5.69 Å². The fourth-order valence-corrected chi connectivity index (χ4v) is 2.66. The van der Waals surface area contributed by atoms with Crippen molar-refractivity contribution in [2.75, 3.05) is 0 Å². The first-order valence-electron chi connectivity index (χ1n) is 5.98. The third-order valence-corrected chi connectivity index (χ3v) is 3.68. The van der Waals surface area contributed by atoms with Crippen molar-refractivity contribution in [3.63, 3.8) is 0 Å². The molecule has 1 aliphatic heterocycles. The zero-order chi connectivity index (χ0) is 14.5. The largest absolute Gasteiger partial charge is 0.451 e. The van der Waals surface area contributed by atoms with Gasteiger partial charge in [-0.1, -0.05) is 17.7 Å². The molecular formula is C13H10ClF3N2O. The Balaban J connectivity index is 2.00. The maximum absolute atomic E-state index is 12.5. The van der Waals surface area contributed by atoms with Gasteiger partial charge in [-0.15, -0.1) is 0 Å². The Bertz CT molecular complexity index is 693. The van der Waals surface area contributed by atoms with Crippen LogP contribution in [0.2, 0.25) is 5.02 Å². The van der Waals surface area contributed by atoms with Crippen LogP contribution >= 0.6 is 11.6 Å². The molecule has 1 atom stereocenters. The number of nitrogens with zero attached hydrogens (tertiary/aromatic N) is 1. The molecule has 0 saturated heterocycles. The average Bonchev–Trinajstić information content (AvgIpc) is 2.74. The second-order valence-corrected chi connectivity index (χ2v) is 5.18. The van der Waals surface area contributed by atoms with Crippen LogP contribution < -0.4 is 5.32 Å². The molecule has 0 spiro atoms. The molecule has 2 aromatic rings. The SMILES string of the molecule is O=C(C1Cn2c(cc3ccc(Cl)cc32)CN1)C(F)(F)F. The van der Waals surface area contributed by atoms with E-state index < -0.39 is 18.0 Å². The Morgan fingerprint density at radius 3 is 2.80 bits per heavy atom. The van der Waals surface area contributed by atoms with Crippen molar-refractivity contribution in [1.82, 2.24) is 9.88 Å². The van der Waals surface area contributed by atoms with Crippen LogP contribution in [-0.2, 0) is 17.9 Å². The molecule has 106 valence electrons. The number of benzene rings is 1. The normalized spacial score (nSPS) is 19.1. The Hall–Kier alpha value is -1.53. The Morgan fingerprint density at radius 2 is 2.10 bits per heavy atom. The molecule has 3 rings (SSSR count). The summed E-state index contributed by atoms with van der Waals surface area (Å²) < 4.78 is 39.2. The zero-order valence-corrected chi connectivity index (χ0v) is 10.9. The fourth-order valence-electron chi connectivity index (χ4n) is 2.49. The number of ketones is 1. The topological polar surface area (TPSA) is 34.0 Å². The minimum atomic E-state index is -4.82. The summed E-state index contributed by atoms with van der Waals surface area (Å²) in [6, 6.07) is 5.86. The van der Waals surface area contributed by atoms with Gasteiger partial charge < -0.3 is 9.88 Å². The highest BCUT2D eigenvalue weighted by atomic mass is 35.5. The Morgan fingerprint density at radius 1 is 1.35 bits per heavy atom. The van der Waals surface area contributed by atoms with Gasteiger partial charge in [0.15, 0.2) is 0 Å². The van der Waals surface area contributed by atoms with Crippen molar-refractivity contribution in [1.29, 1.82) is 0 Å². The van der Waals surface area contributed by atoms with Gasteiger partial charge in [-0.2, -0.15) is 13.2 Å². The first kappa shape index (κ1) is 13.5. The minimum absolute atomic E-state index is 0.0441. The van der Waals surface area contributed by atoms with E-state index in [1.54, 1.807) is 16.7 Å². The van der Waals surface area contributed by atoms with Crippen LogP contribution in [0.4, 0.5) is 13.2 Å². The summed E-state index contributed by atoms with van der Waals surface area (Å²) in [6.45, 7) is 0.177. The molecule has 1 N–H and O–H groups in total. The van der Waals surface area contributed by atoms with Gasteiger partial charge >= 0.3 is 6.18 Å². The van der Waals surface area contributed by atoms with Crippen LogP contribution in [0.25, 0.3) is 10.9 Å². The second-order valence-electron chi connectivity index (χ2n) is 4.74. The molecular weight excluding hydrogens is 293 g/mol. The lowest BCUT2D eigenvalue weighted by Crippen LogP contribution is -2.49. The predicted octanol–water partition coefficient (Wildman–Crippen LogP) is 2.90. The van der Waals surface area contributed by atoms with Gasteiger partial charge in [0.1, 0.15) is 0 Å². The summed E-state index contributed by atoms with van der Waals surface area (Å²) in [5.74, 6) is -1.74. The van der Waals surface area contributed by atoms with Crippen LogP contribution in [0.3, 0.4) is 0 Å². The van der Waals surface area contributed by atoms with E-state index in [0.717, 1.165) is 16.6 Å². The molecule has 7 heteroatoms. The maximum atomic E-state index is 12.5. The number of aromatic nitrogens is 1. The van der Waals surface area contributed by atoms with Crippen LogP contribution in [-0.4, -0.2) is 22.6 Å². The predicted molar refractivity (Wildman–Crippen MR) is 68.6 cm³/mol. The molecule has 1 aromatic heterocycles. The number of carbonyl (C=O) groups is 1. The van der Waals surface area contributed by atoms with E-state index in [4.69, 9.17) is 11.6 Å². The fraction of sp³-hybridized carbons (Fsp3) is 0.308. The van der Waals surface area contributed by atoms with E-state index >= 15 is 0 Å². The van der Waals surface area contributed by atoms with Gasteiger partial charge in [0.2, 0.25) is 0 Å². The van der Waals surface area contributed by atoms with Gasteiger partial charge in [-0.3, -0.25) is 4.79 Å². The number of hydrogen-bond donors (Lipinski definition) is 1. The van der Waals surface area contributed by atoms with Crippen molar-refractivity contribution < 1.29 is 18.0 Å². The summed E-state index contributed by atoms with van der Waals surface area (Å²) >= 11 is 5.91. The van der Waals surface area contributed by atoms with Crippen molar-refractivity contribution in [2.24, 2.45) is 0 Å². The van der Waals surface area contributed by atoms with Gasteiger partial charge in [0.05, 0.1) is 6.04 Å². The highest BCUT2D eigenvalue weighted by Crippen LogP contribution is 2.27. The molecule has 0 amide bonds. The number of halogens is 4. The summed E-state index contributed by atoms with van der Waals surface area (Å²) in [7, 11) is 0. The van der Waals surface area contributed by atoms with Gasteiger partial charge in [-0.05, 0) is 18.2 Å². The number of hydrogen-bond acceptors (Lipinski definition) is 2. The van der Waals surface area contributed by atoms with Crippen molar-refractivity contribution in [3.05, 3.63) is 35.0 Å². The number of Topliss-reactive ketones (excluding diaryl/α,β-unsaturated/α-hetero) is 1. The number of carbonyl (C=O) groups excluding carboxylic acids is 1. The third kappa shape index (κ3) is 2.19. The summed E-state index contributed by atoms with van der Waals surface area (Å²) in [6.07, 6.45) is -4.82. The molecule has 0 aliphatic carbocycles. The summed E-state index contributed by atoms with van der Waals surface area (Å²) in [4.78, 5) is 11.3. The molecule has 3 nitrogen and oxygen atoms in total. The first-order chi connectivity index (χ1) is 9.36. The maximum Gasteiger partial charge on any atom is 0.451 e. The highest BCUT2D eigenvalue weighted by molar-refractivity contribution is 6.31. The number of nitrogens with one attached hydrogen (secondary N) is 1. The molecule has 0 saturated carbocycles. The molecule has 1 aromatic carbocycles. The molecule has 0 fully saturated rings. The number of rotatable bonds is 1. The molecule has 1 unspecified atom stereocenters. The van der Waals surface area contributed by atoms with Gasteiger partial charge in [0, 0.05) is 34.7 Å². The lowest BCUT2D eigenvalue weighted by Gasteiger charge is -2.26. The average molecular weight is 303 g/mol. The monoisotopic (exact) mass is 302 g/mol. The highest BCUT2D eigenvalue weighted by Gasteiger charge is 2.44. The van der Waals surface area contributed by atoms with E-state index in [9.17, 15) is 18.0 Å². The summed E-state index contributed by atoms with van der Waals surface area (Å²) in [5, 5.41) is 4.04. The molecule has 1 aliphatic rings. The second kappa shape index (κ2) is 4.49. The van der Waals surface area contributed by atoms with Gasteiger partial charge in [0.25, 0.3) is 5.78 Å². The van der Waals surface area contributed by atoms with E-state index in [1.165, 1.54) is 0 Å². The van der Waals surface area contributed by atoms with Crippen LogP contribution in [0, 0.1) is 0 Å². The number of fused-ring (bicyclic) bond motifs is 3. The van der Waals surface area contributed by atoms with E-state index in [2.05, 4.69) is 5.32 Å². The first-order valence-corrected chi connectivity index (χ1v) is 6.36. The zero-order valence-electron chi connectivity index (χ0n) is 10.2. The van der Waals surface area contributed by atoms with Crippen LogP contribution in [0.15, 0.2) is 24.3 Å². The molecule has 20 heavy (non-hydrogen) atoms. The molecule has 0 radical (unpaired) electrons. The van der Waals surface area contributed by atoms with Crippen molar-refractivity contribution >= 4 is 28.3 Å². The summed E-state index contributed by atoms with van der Waals surface area (Å²) in [5.41, 5.74) is 1.59. The van der Waals surface area contributed by atoms with Crippen molar-refractivity contribution in [2.45, 2.75) is 25.3 Å². The van der Waals surface area contributed by atoms with E-state index in [0.29, 0.717) is 5.02 Å². The van der Waals surface area contributed by atoms with E-state index in [-0.39, 0.29) is 13.1 Å². The number of alkyl halides is 3. The molecule has 0 bridgehead atoms.